The zero-order valence-electron chi connectivity index (χ0n) is 15.2. The van der Waals surface area contributed by atoms with Crippen LogP contribution in [0, 0.1) is 0 Å². The van der Waals surface area contributed by atoms with Crippen molar-refractivity contribution in [3.8, 4) is 0 Å². The molecule has 1 aliphatic heterocycles. The van der Waals surface area contributed by atoms with E-state index >= 15 is 0 Å². The fourth-order valence-electron chi connectivity index (χ4n) is 3.44. The Morgan fingerprint density at radius 1 is 1.35 bits per heavy atom. The average Bonchev–Trinajstić information content (AvgIpc) is 3.12. The highest BCUT2D eigenvalue weighted by Gasteiger charge is 2.33. The SMILES string of the molecule is CC(C)(C)OC(=O)N1CCCC1Cn1cc(C(=O)O)c2c(Cl)cccc21. The molecular formula is C19H23ClN2O4. The van der Waals surface area contributed by atoms with E-state index in [9.17, 15) is 14.7 Å². The molecule has 7 heteroatoms. The molecule has 6 nitrogen and oxygen atoms in total. The summed E-state index contributed by atoms with van der Waals surface area (Å²) >= 11 is 6.23. The summed E-state index contributed by atoms with van der Waals surface area (Å²) in [4.78, 5) is 25.8. The molecule has 0 bridgehead atoms. The first-order valence-corrected chi connectivity index (χ1v) is 9.05. The maximum Gasteiger partial charge on any atom is 0.410 e. The summed E-state index contributed by atoms with van der Waals surface area (Å²) in [6, 6.07) is 5.29. The number of aromatic carboxylic acids is 1. The van der Waals surface area contributed by atoms with Crippen molar-refractivity contribution in [1.29, 1.82) is 0 Å². The number of halogens is 1. The molecule has 2 heterocycles. The molecule has 0 radical (unpaired) electrons. The lowest BCUT2D eigenvalue weighted by atomic mass is 10.2. The number of carboxylic acid groups (broad SMARTS) is 1. The third-order valence-electron chi connectivity index (χ3n) is 4.50. The molecular weight excluding hydrogens is 356 g/mol. The molecule has 26 heavy (non-hydrogen) atoms. The second-order valence-electron chi connectivity index (χ2n) is 7.60. The fraction of sp³-hybridized carbons (Fsp3) is 0.474. The molecule has 3 rings (SSSR count). The molecule has 1 aliphatic rings. The number of amides is 1. The number of fused-ring (bicyclic) bond motifs is 1. The third kappa shape index (κ3) is 3.65. The minimum Gasteiger partial charge on any atom is -0.478 e. The quantitative estimate of drug-likeness (QED) is 0.859. The number of aromatic nitrogens is 1. The molecule has 1 atom stereocenters. The van der Waals surface area contributed by atoms with Gasteiger partial charge < -0.3 is 19.3 Å². The molecule has 1 fully saturated rings. The normalized spacial score (nSPS) is 17.7. The number of hydrogen-bond donors (Lipinski definition) is 1. The Labute approximate surface area is 157 Å². The van der Waals surface area contributed by atoms with Crippen molar-refractivity contribution in [2.24, 2.45) is 0 Å². The van der Waals surface area contributed by atoms with E-state index in [1.807, 2.05) is 31.4 Å². The van der Waals surface area contributed by atoms with Crippen LogP contribution in [-0.4, -0.2) is 44.8 Å². The smallest absolute Gasteiger partial charge is 0.410 e. The molecule has 1 unspecified atom stereocenters. The van der Waals surface area contributed by atoms with Crippen molar-refractivity contribution in [3.05, 3.63) is 35.0 Å². The fourth-order valence-corrected chi connectivity index (χ4v) is 3.71. The molecule has 0 spiro atoms. The van der Waals surface area contributed by atoms with E-state index in [1.165, 1.54) is 0 Å². The van der Waals surface area contributed by atoms with Crippen molar-refractivity contribution in [3.63, 3.8) is 0 Å². The van der Waals surface area contributed by atoms with Crippen LogP contribution in [0.1, 0.15) is 44.0 Å². The summed E-state index contributed by atoms with van der Waals surface area (Å²) in [7, 11) is 0. The van der Waals surface area contributed by atoms with Crippen molar-refractivity contribution in [2.45, 2.75) is 51.8 Å². The van der Waals surface area contributed by atoms with Gasteiger partial charge in [0.15, 0.2) is 0 Å². The Morgan fingerprint density at radius 3 is 2.73 bits per heavy atom. The summed E-state index contributed by atoms with van der Waals surface area (Å²) < 4.78 is 7.38. The Morgan fingerprint density at radius 2 is 2.08 bits per heavy atom. The Hall–Kier alpha value is -2.21. The number of carboxylic acids is 1. The van der Waals surface area contributed by atoms with Crippen LogP contribution in [0.2, 0.25) is 5.02 Å². The van der Waals surface area contributed by atoms with Gasteiger partial charge in [0, 0.05) is 24.7 Å². The van der Waals surface area contributed by atoms with Gasteiger partial charge in [-0.3, -0.25) is 0 Å². The molecule has 0 saturated carbocycles. The Balaban J connectivity index is 1.90. The molecule has 1 aromatic carbocycles. The van der Waals surface area contributed by atoms with Crippen molar-refractivity contribution in [1.82, 2.24) is 9.47 Å². The number of likely N-dealkylation sites (tertiary alicyclic amines) is 1. The lowest BCUT2D eigenvalue weighted by Crippen LogP contribution is -2.41. The summed E-state index contributed by atoms with van der Waals surface area (Å²) in [5.74, 6) is -1.02. The second-order valence-corrected chi connectivity index (χ2v) is 8.01. The molecule has 1 N–H and O–H groups in total. The van der Waals surface area contributed by atoms with Gasteiger partial charge in [-0.1, -0.05) is 17.7 Å². The Kier molecular flexibility index (Phi) is 4.88. The van der Waals surface area contributed by atoms with E-state index in [0.717, 1.165) is 18.4 Å². The standard InChI is InChI=1S/C19H23ClN2O4/c1-19(2,3)26-18(25)22-9-5-6-12(22)10-21-11-13(17(23)24)16-14(20)7-4-8-15(16)21/h4,7-8,11-12H,5-6,9-10H2,1-3H3,(H,23,24). The highest BCUT2D eigenvalue weighted by Crippen LogP contribution is 2.30. The van der Waals surface area contributed by atoms with Crippen LogP contribution < -0.4 is 0 Å². The van der Waals surface area contributed by atoms with Crippen LogP contribution in [0.5, 0.6) is 0 Å². The molecule has 1 aromatic heterocycles. The maximum absolute atomic E-state index is 12.5. The highest BCUT2D eigenvalue weighted by molar-refractivity contribution is 6.36. The van der Waals surface area contributed by atoms with E-state index in [0.29, 0.717) is 23.5 Å². The van der Waals surface area contributed by atoms with E-state index in [2.05, 4.69) is 0 Å². The lowest BCUT2D eigenvalue weighted by Gasteiger charge is -2.29. The monoisotopic (exact) mass is 378 g/mol. The van der Waals surface area contributed by atoms with Gasteiger partial charge in [0.25, 0.3) is 0 Å². The van der Waals surface area contributed by atoms with E-state index in [1.54, 1.807) is 23.2 Å². The molecule has 1 saturated heterocycles. The minimum atomic E-state index is -1.02. The molecule has 140 valence electrons. The number of hydrogen-bond acceptors (Lipinski definition) is 3. The number of rotatable bonds is 3. The van der Waals surface area contributed by atoms with Crippen molar-refractivity contribution >= 4 is 34.6 Å². The highest BCUT2D eigenvalue weighted by atomic mass is 35.5. The van der Waals surface area contributed by atoms with E-state index in [4.69, 9.17) is 16.3 Å². The number of benzene rings is 1. The first kappa shape index (κ1) is 18.6. The maximum atomic E-state index is 12.5. The first-order valence-electron chi connectivity index (χ1n) is 8.67. The first-order chi connectivity index (χ1) is 12.2. The number of carbonyl (C=O) groups is 2. The zero-order valence-corrected chi connectivity index (χ0v) is 15.9. The molecule has 1 amide bonds. The van der Waals surface area contributed by atoms with Gasteiger partial charge in [0.05, 0.1) is 22.1 Å². The third-order valence-corrected chi connectivity index (χ3v) is 4.81. The summed E-state index contributed by atoms with van der Waals surface area (Å²) in [5.41, 5.74) is 0.382. The molecule has 2 aromatic rings. The van der Waals surface area contributed by atoms with Crippen LogP contribution in [0.3, 0.4) is 0 Å². The van der Waals surface area contributed by atoms with Gasteiger partial charge in [-0.25, -0.2) is 9.59 Å². The zero-order chi connectivity index (χ0) is 19.1. The minimum absolute atomic E-state index is 0.0407. The lowest BCUT2D eigenvalue weighted by molar-refractivity contribution is 0.0214. The average molecular weight is 379 g/mol. The van der Waals surface area contributed by atoms with Gasteiger partial charge in [-0.15, -0.1) is 0 Å². The number of ether oxygens (including phenoxy) is 1. The number of carbonyl (C=O) groups excluding carboxylic acids is 1. The predicted octanol–water partition coefficient (Wildman–Crippen LogP) is 4.39. The van der Waals surface area contributed by atoms with Crippen molar-refractivity contribution in [2.75, 3.05) is 6.54 Å². The van der Waals surface area contributed by atoms with Crippen LogP contribution in [0.4, 0.5) is 4.79 Å². The van der Waals surface area contributed by atoms with Gasteiger partial charge in [0.2, 0.25) is 0 Å². The Bertz CT molecular complexity index is 853. The largest absolute Gasteiger partial charge is 0.478 e. The van der Waals surface area contributed by atoms with Gasteiger partial charge >= 0.3 is 12.1 Å². The second kappa shape index (κ2) is 6.83. The van der Waals surface area contributed by atoms with Gasteiger partial charge in [-0.2, -0.15) is 0 Å². The van der Waals surface area contributed by atoms with E-state index in [-0.39, 0.29) is 17.7 Å². The van der Waals surface area contributed by atoms with Crippen LogP contribution in [-0.2, 0) is 11.3 Å². The summed E-state index contributed by atoms with van der Waals surface area (Å²) in [6.45, 7) is 6.68. The van der Waals surface area contributed by atoms with Crippen LogP contribution >= 0.6 is 11.6 Å². The number of nitrogens with zero attached hydrogens (tertiary/aromatic N) is 2. The topological polar surface area (TPSA) is 71.8 Å². The predicted molar refractivity (Wildman–Crippen MR) is 99.9 cm³/mol. The van der Waals surface area contributed by atoms with Gasteiger partial charge in [0.1, 0.15) is 5.60 Å². The van der Waals surface area contributed by atoms with Crippen LogP contribution in [0.25, 0.3) is 10.9 Å². The van der Waals surface area contributed by atoms with E-state index < -0.39 is 11.6 Å². The summed E-state index contributed by atoms with van der Waals surface area (Å²) in [5, 5.41) is 10.4. The van der Waals surface area contributed by atoms with Crippen LogP contribution in [0.15, 0.2) is 24.4 Å². The van der Waals surface area contributed by atoms with Gasteiger partial charge in [-0.05, 0) is 45.7 Å². The van der Waals surface area contributed by atoms with Crippen molar-refractivity contribution < 1.29 is 19.4 Å². The molecule has 0 aliphatic carbocycles. The summed E-state index contributed by atoms with van der Waals surface area (Å²) in [6.07, 6.45) is 3.02.